The van der Waals surface area contributed by atoms with E-state index in [9.17, 15) is 9.13 Å². The lowest BCUT2D eigenvalue weighted by Crippen LogP contribution is -2.22. The topological polar surface area (TPSA) is 68.3 Å². The zero-order valence-electron chi connectivity index (χ0n) is 37.4. The Morgan fingerprint density at radius 2 is 0.815 bits per heavy atom. The van der Waals surface area contributed by atoms with Gasteiger partial charge in [0.25, 0.3) is 0 Å². The van der Waals surface area contributed by atoms with Gasteiger partial charge in [0.05, 0.1) is 33.4 Å². The fourth-order valence-electron chi connectivity index (χ4n) is 7.95. The Kier molecular flexibility index (Phi) is 15.5. The molecule has 0 aromatic heterocycles. The first-order chi connectivity index (χ1) is 31.7. The normalized spacial score (nSPS) is 14.3. The summed E-state index contributed by atoms with van der Waals surface area (Å²) in [6, 6.07) is 43.5. The molecule has 7 nitrogen and oxygen atoms in total. The van der Waals surface area contributed by atoms with Crippen molar-refractivity contribution in [3.05, 3.63) is 156 Å². The van der Waals surface area contributed by atoms with E-state index in [1.54, 1.807) is 72.1 Å². The van der Waals surface area contributed by atoms with Crippen LogP contribution < -0.4 is 20.4 Å². The van der Waals surface area contributed by atoms with Crippen molar-refractivity contribution in [1.82, 2.24) is 0 Å². The van der Waals surface area contributed by atoms with Crippen LogP contribution in [0.4, 0.5) is 22.7 Å². The van der Waals surface area contributed by atoms with Crippen molar-refractivity contribution in [3.8, 4) is 23.7 Å². The zero-order valence-corrected chi connectivity index (χ0v) is 40.8. The van der Waals surface area contributed by atoms with Gasteiger partial charge in [0.15, 0.2) is 0 Å². The largest absolute Gasteiger partial charge is 0.368 e. The lowest BCUT2D eigenvalue weighted by molar-refractivity contribution is 0.291. The first-order valence-electron chi connectivity index (χ1n) is 22.4. The van der Waals surface area contributed by atoms with Gasteiger partial charge in [-0.3, -0.25) is 9.13 Å². The number of benzene rings is 6. The molecule has 0 spiro atoms. The molecule has 2 unspecified atom stereocenters. The molecule has 2 aliphatic rings. The molecule has 0 saturated heterocycles. The Bertz CT molecular complexity index is 2670. The molecule has 2 aliphatic heterocycles. The molecule has 0 bridgehead atoms. The van der Waals surface area contributed by atoms with Crippen LogP contribution in [-0.4, -0.2) is 27.3 Å². The van der Waals surface area contributed by atoms with Crippen LogP contribution in [0, 0.1) is 23.7 Å². The average molecular weight is 937 g/mol. The van der Waals surface area contributed by atoms with E-state index in [1.165, 1.54) is 95.1 Å². The van der Waals surface area contributed by atoms with E-state index >= 15 is 0 Å². The summed E-state index contributed by atoms with van der Waals surface area (Å²) in [5.74, 6) is 13.1. The highest BCUT2D eigenvalue weighted by atomic mass is 32.2. The smallest absolute Gasteiger partial charge is 0.340 e. The summed E-state index contributed by atoms with van der Waals surface area (Å²) in [4.78, 5) is 9.73. The minimum Gasteiger partial charge on any atom is -0.340 e. The molecule has 0 fully saturated rings. The summed E-state index contributed by atoms with van der Waals surface area (Å²) < 4.78 is 45.2. The van der Waals surface area contributed by atoms with Crippen LogP contribution >= 0.6 is 38.7 Å². The highest BCUT2D eigenvalue weighted by Crippen LogP contribution is 2.63. The van der Waals surface area contributed by atoms with Gasteiger partial charge in [-0.2, -0.15) is 0 Å². The third-order valence-corrected chi connectivity index (χ3v) is 18.3. The molecule has 8 rings (SSSR count). The maximum Gasteiger partial charge on any atom is 0.368 e. The molecule has 65 heavy (non-hydrogen) atoms. The molecule has 0 saturated carbocycles. The molecule has 2 atom stereocenters. The van der Waals surface area contributed by atoms with Crippen LogP contribution in [0.25, 0.3) is 0 Å². The van der Waals surface area contributed by atoms with Crippen LogP contribution in [0.5, 0.6) is 0 Å². The standard InChI is InChI=1S/C54H54N2O5P2S2/c1-5-7-9-15-37-55-47-17-11-13-19-51(47)64-53-39-43(29-35-49(53)55)23-21-41-25-31-45(32-26-41)62(57,59-3)61-63(58,60-4)46-33-27-42(28-34-46)22-24-44-30-36-50-54(40-44)65-52-20-14-12-18-48(52)56(50)38-16-10-8-6-2/h11-14,17-20,25-36,39-40H,5-10,15-16,37-38H2,1-4H3. The number of rotatable bonds is 16. The number of anilines is 4. The van der Waals surface area contributed by atoms with Gasteiger partial charge in [-0.1, -0.05) is 124 Å². The molecular weight excluding hydrogens is 883 g/mol. The van der Waals surface area contributed by atoms with Crippen LogP contribution in [0.15, 0.2) is 153 Å². The minimum absolute atomic E-state index is 0.236. The lowest BCUT2D eigenvalue weighted by Gasteiger charge is -2.33. The summed E-state index contributed by atoms with van der Waals surface area (Å²) in [5.41, 5.74) is 8.17. The second kappa shape index (κ2) is 21.6. The van der Waals surface area contributed by atoms with Gasteiger partial charge in [-0.25, -0.2) is 4.31 Å². The Morgan fingerprint density at radius 3 is 1.22 bits per heavy atom. The summed E-state index contributed by atoms with van der Waals surface area (Å²) in [6.07, 6.45) is 9.63. The average Bonchev–Trinajstić information content (AvgIpc) is 3.34. The lowest BCUT2D eigenvalue weighted by atomic mass is 10.1. The van der Waals surface area contributed by atoms with E-state index in [-0.39, 0.29) is 10.6 Å². The number of hydrogen-bond acceptors (Lipinski definition) is 9. The number of unbranched alkanes of at least 4 members (excludes halogenated alkanes) is 6. The van der Waals surface area contributed by atoms with Gasteiger partial charge in [0, 0.05) is 69.1 Å². The summed E-state index contributed by atoms with van der Waals surface area (Å²) in [5, 5.41) is 0.471. The fraction of sp³-hybridized carbons (Fsp3) is 0.259. The van der Waals surface area contributed by atoms with E-state index in [1.807, 2.05) is 0 Å². The SMILES string of the molecule is CCCCCCN1c2ccccc2Sc2cc(C#Cc3ccc(P(=O)(OC)OP(=O)(OC)c4ccc(C#Cc5ccc6c(c5)Sc5ccccc5N6CCCCCC)cc4)cc3)ccc21. The molecule has 332 valence electrons. The van der Waals surface area contributed by atoms with Crippen molar-refractivity contribution >= 4 is 72.1 Å². The highest BCUT2D eigenvalue weighted by Gasteiger charge is 2.39. The van der Waals surface area contributed by atoms with Crippen LogP contribution in [-0.2, 0) is 22.5 Å². The van der Waals surface area contributed by atoms with E-state index in [2.05, 4.69) is 132 Å². The first-order valence-corrected chi connectivity index (χ1v) is 27.1. The molecular formula is C54H54N2O5P2S2. The van der Waals surface area contributed by atoms with Gasteiger partial charge in [0.1, 0.15) is 0 Å². The van der Waals surface area contributed by atoms with Gasteiger partial charge in [0.2, 0.25) is 0 Å². The second-order valence-corrected chi connectivity index (χ2v) is 22.5. The van der Waals surface area contributed by atoms with Crippen molar-refractivity contribution in [2.45, 2.75) is 84.8 Å². The van der Waals surface area contributed by atoms with Gasteiger partial charge >= 0.3 is 15.2 Å². The maximum absolute atomic E-state index is 14.2. The molecule has 0 aliphatic carbocycles. The van der Waals surface area contributed by atoms with Crippen molar-refractivity contribution < 1.29 is 22.5 Å². The van der Waals surface area contributed by atoms with Crippen LogP contribution in [0.2, 0.25) is 0 Å². The molecule has 2 heterocycles. The van der Waals surface area contributed by atoms with Gasteiger partial charge in [-0.15, -0.1) is 0 Å². The molecule has 0 amide bonds. The third kappa shape index (κ3) is 10.9. The molecule has 6 aromatic carbocycles. The number of fused-ring (bicyclic) bond motifs is 4. The monoisotopic (exact) mass is 936 g/mol. The number of para-hydroxylation sites is 2. The van der Waals surface area contributed by atoms with E-state index in [0.29, 0.717) is 0 Å². The fourth-order valence-corrected chi connectivity index (χ4v) is 14.1. The van der Waals surface area contributed by atoms with E-state index in [0.717, 1.165) is 48.2 Å². The third-order valence-electron chi connectivity index (χ3n) is 11.5. The Morgan fingerprint density at radius 1 is 0.446 bits per heavy atom. The Hall–Kier alpha value is -4.92. The highest BCUT2D eigenvalue weighted by molar-refractivity contribution is 8.00. The Labute approximate surface area is 393 Å². The van der Waals surface area contributed by atoms with E-state index < -0.39 is 15.2 Å². The predicted octanol–water partition coefficient (Wildman–Crippen LogP) is 14.5. The van der Waals surface area contributed by atoms with Gasteiger partial charge < -0.3 is 18.8 Å². The van der Waals surface area contributed by atoms with Crippen LogP contribution in [0.1, 0.15) is 87.5 Å². The quantitative estimate of drug-likeness (QED) is 0.0536. The molecule has 0 radical (unpaired) electrons. The van der Waals surface area contributed by atoms with E-state index in [4.69, 9.17) is 13.4 Å². The predicted molar refractivity (Wildman–Crippen MR) is 271 cm³/mol. The first kappa shape index (κ1) is 46.6. The summed E-state index contributed by atoms with van der Waals surface area (Å²) in [7, 11) is -5.65. The minimum atomic E-state index is -4.10. The van der Waals surface area contributed by atoms with Crippen molar-refractivity contribution in [2.75, 3.05) is 37.1 Å². The number of hydrogen-bond donors (Lipinski definition) is 0. The Balaban J connectivity index is 0.935. The zero-order chi connectivity index (χ0) is 45.2. The number of nitrogens with zero attached hydrogens (tertiary/aromatic N) is 2. The summed E-state index contributed by atoms with van der Waals surface area (Å²) in [6.45, 7) is 6.43. The maximum atomic E-state index is 14.2. The van der Waals surface area contributed by atoms with Gasteiger partial charge in [-0.05, 0) is 122 Å². The molecule has 0 N–H and O–H groups in total. The van der Waals surface area contributed by atoms with Crippen molar-refractivity contribution in [3.63, 3.8) is 0 Å². The van der Waals surface area contributed by atoms with Crippen LogP contribution in [0.3, 0.4) is 0 Å². The summed E-state index contributed by atoms with van der Waals surface area (Å²) >= 11 is 3.55. The molecule has 6 aromatic rings. The second-order valence-electron chi connectivity index (χ2n) is 16.0. The molecule has 11 heteroatoms. The van der Waals surface area contributed by atoms with Crippen molar-refractivity contribution in [2.24, 2.45) is 0 Å². The van der Waals surface area contributed by atoms with Crippen molar-refractivity contribution in [1.29, 1.82) is 0 Å².